The molecule has 2 aromatic rings. The fourth-order valence-corrected chi connectivity index (χ4v) is 4.49. The van der Waals surface area contributed by atoms with Gasteiger partial charge in [-0.2, -0.15) is 4.31 Å². The third-order valence-corrected chi connectivity index (χ3v) is 5.95. The molecule has 0 saturated carbocycles. The Labute approximate surface area is 140 Å². The molecule has 6 nitrogen and oxygen atoms in total. The van der Waals surface area contributed by atoms with Gasteiger partial charge in [0.2, 0.25) is 15.9 Å². The Balaban J connectivity index is 1.78. The number of rotatable bonds is 4. The summed E-state index contributed by atoms with van der Waals surface area (Å²) >= 11 is 0. The summed E-state index contributed by atoms with van der Waals surface area (Å²) in [6.07, 6.45) is 5.70. The molecule has 0 N–H and O–H groups in total. The topological polar surface area (TPSA) is 72.4 Å². The molecule has 1 unspecified atom stereocenters. The van der Waals surface area contributed by atoms with Crippen LogP contribution in [0.2, 0.25) is 0 Å². The number of aromatic nitrogens is 2. The number of hydrogen-bond acceptors (Lipinski definition) is 5. The Morgan fingerprint density at radius 1 is 1.33 bits per heavy atom. The molecule has 1 fully saturated rings. The van der Waals surface area contributed by atoms with E-state index in [1.54, 1.807) is 13.1 Å². The van der Waals surface area contributed by atoms with Gasteiger partial charge < -0.3 is 4.74 Å². The zero-order chi connectivity index (χ0) is 17.2. The minimum atomic E-state index is -3.68. The lowest BCUT2D eigenvalue weighted by Crippen LogP contribution is -2.44. The molecular formula is C16H18FN3O3S. The van der Waals surface area contributed by atoms with E-state index >= 15 is 0 Å². The van der Waals surface area contributed by atoms with Crippen molar-refractivity contribution in [1.82, 2.24) is 14.3 Å². The summed E-state index contributed by atoms with van der Waals surface area (Å²) in [4.78, 5) is 8.11. The molecule has 1 aromatic carbocycles. The molecule has 1 saturated heterocycles. The zero-order valence-electron chi connectivity index (χ0n) is 13.2. The lowest BCUT2D eigenvalue weighted by molar-refractivity contribution is 0.124. The fourth-order valence-electron chi connectivity index (χ4n) is 2.78. The summed E-state index contributed by atoms with van der Waals surface area (Å²) in [6.45, 7) is 2.24. The highest BCUT2D eigenvalue weighted by molar-refractivity contribution is 7.89. The average molecular weight is 351 g/mol. The van der Waals surface area contributed by atoms with E-state index in [0.717, 1.165) is 12.5 Å². The number of benzene rings is 1. The Morgan fingerprint density at radius 2 is 2.17 bits per heavy atom. The maximum atomic E-state index is 13.2. The van der Waals surface area contributed by atoms with Crippen LogP contribution in [0, 0.1) is 12.7 Å². The van der Waals surface area contributed by atoms with Crippen LogP contribution in [0.25, 0.3) is 0 Å². The summed E-state index contributed by atoms with van der Waals surface area (Å²) in [7, 11) is -3.68. The molecule has 1 aliphatic rings. The first-order chi connectivity index (χ1) is 11.5. The van der Waals surface area contributed by atoms with Gasteiger partial charge in [-0.25, -0.2) is 17.8 Å². The maximum Gasteiger partial charge on any atom is 0.243 e. The van der Waals surface area contributed by atoms with Gasteiger partial charge in [-0.15, -0.1) is 0 Å². The number of ether oxygens (including phenoxy) is 1. The van der Waals surface area contributed by atoms with Crippen molar-refractivity contribution in [3.05, 3.63) is 48.2 Å². The molecule has 0 radical (unpaired) electrons. The molecule has 0 bridgehead atoms. The third-order valence-electron chi connectivity index (χ3n) is 3.92. The van der Waals surface area contributed by atoms with Gasteiger partial charge >= 0.3 is 0 Å². The Kier molecular flexibility index (Phi) is 4.77. The number of aryl methyl sites for hydroxylation is 1. The van der Waals surface area contributed by atoms with Crippen LogP contribution < -0.4 is 4.74 Å². The van der Waals surface area contributed by atoms with Crippen LogP contribution in [0.3, 0.4) is 0 Å². The summed E-state index contributed by atoms with van der Waals surface area (Å²) in [5, 5.41) is 0. The van der Waals surface area contributed by atoms with Crippen molar-refractivity contribution in [2.24, 2.45) is 0 Å². The summed E-state index contributed by atoms with van der Waals surface area (Å²) in [5.41, 5.74) is 0.395. The Hall–Kier alpha value is -2.06. The second-order valence-electron chi connectivity index (χ2n) is 5.70. The van der Waals surface area contributed by atoms with Crippen molar-refractivity contribution in [2.45, 2.75) is 30.8 Å². The predicted octanol–water partition coefficient (Wildman–Crippen LogP) is 2.16. The van der Waals surface area contributed by atoms with Crippen molar-refractivity contribution in [3.8, 4) is 5.88 Å². The number of sulfonamides is 1. The first-order valence-electron chi connectivity index (χ1n) is 7.66. The molecule has 0 aliphatic carbocycles. The number of halogens is 1. The van der Waals surface area contributed by atoms with Crippen molar-refractivity contribution in [3.63, 3.8) is 0 Å². The van der Waals surface area contributed by atoms with Crippen LogP contribution in [0.15, 0.2) is 41.7 Å². The zero-order valence-corrected chi connectivity index (χ0v) is 14.0. The highest BCUT2D eigenvalue weighted by Crippen LogP contribution is 2.25. The van der Waals surface area contributed by atoms with Gasteiger partial charge in [0.15, 0.2) is 0 Å². The lowest BCUT2D eigenvalue weighted by Gasteiger charge is -2.32. The fraction of sp³-hybridized carbons (Fsp3) is 0.375. The van der Waals surface area contributed by atoms with E-state index < -0.39 is 15.8 Å². The molecule has 128 valence electrons. The second-order valence-corrected chi connectivity index (χ2v) is 7.60. The second kappa shape index (κ2) is 6.82. The van der Waals surface area contributed by atoms with Gasteiger partial charge in [0, 0.05) is 18.9 Å². The number of piperidine rings is 1. The van der Waals surface area contributed by atoms with Crippen molar-refractivity contribution < 1.29 is 17.5 Å². The van der Waals surface area contributed by atoms with Gasteiger partial charge in [-0.05, 0) is 43.5 Å². The van der Waals surface area contributed by atoms with Crippen LogP contribution in [0.4, 0.5) is 4.39 Å². The van der Waals surface area contributed by atoms with Crippen molar-refractivity contribution in [1.29, 1.82) is 0 Å². The van der Waals surface area contributed by atoms with Crippen molar-refractivity contribution >= 4 is 10.0 Å². The summed E-state index contributed by atoms with van der Waals surface area (Å²) < 4.78 is 46.0. The molecule has 0 amide bonds. The summed E-state index contributed by atoms with van der Waals surface area (Å²) in [5.74, 6) is -0.0753. The van der Waals surface area contributed by atoms with E-state index in [0.29, 0.717) is 24.4 Å². The predicted molar refractivity (Wildman–Crippen MR) is 85.6 cm³/mol. The van der Waals surface area contributed by atoms with Gasteiger partial charge in [0.1, 0.15) is 11.9 Å². The first kappa shape index (κ1) is 16.8. The largest absolute Gasteiger partial charge is 0.472 e. The van der Waals surface area contributed by atoms with Crippen molar-refractivity contribution in [2.75, 3.05) is 13.1 Å². The smallest absolute Gasteiger partial charge is 0.243 e. The van der Waals surface area contributed by atoms with E-state index in [1.165, 1.54) is 28.8 Å². The van der Waals surface area contributed by atoms with Crippen LogP contribution in [0.5, 0.6) is 5.88 Å². The number of hydrogen-bond donors (Lipinski definition) is 0. The average Bonchev–Trinajstić information content (AvgIpc) is 2.56. The van der Waals surface area contributed by atoms with E-state index in [2.05, 4.69) is 9.97 Å². The molecule has 1 atom stereocenters. The van der Waals surface area contributed by atoms with E-state index in [1.807, 2.05) is 0 Å². The van der Waals surface area contributed by atoms with E-state index in [4.69, 9.17) is 4.74 Å². The third kappa shape index (κ3) is 3.54. The minimum Gasteiger partial charge on any atom is -0.472 e. The molecule has 1 aromatic heterocycles. The molecule has 1 aliphatic heterocycles. The monoisotopic (exact) mass is 351 g/mol. The van der Waals surface area contributed by atoms with Gasteiger partial charge in [-0.3, -0.25) is 4.98 Å². The normalized spacial score (nSPS) is 19.2. The van der Waals surface area contributed by atoms with Gasteiger partial charge in [0.25, 0.3) is 0 Å². The first-order valence-corrected chi connectivity index (χ1v) is 9.10. The minimum absolute atomic E-state index is 0.129. The molecular weight excluding hydrogens is 333 g/mol. The quantitative estimate of drug-likeness (QED) is 0.844. The highest BCUT2D eigenvalue weighted by Gasteiger charge is 2.32. The van der Waals surface area contributed by atoms with Crippen LogP contribution in [-0.2, 0) is 10.0 Å². The molecule has 3 rings (SSSR count). The molecule has 8 heteroatoms. The lowest BCUT2D eigenvalue weighted by atomic mass is 10.1. The highest BCUT2D eigenvalue weighted by atomic mass is 32.2. The SMILES string of the molecule is Cc1cc(F)ccc1S(=O)(=O)N1CCCC(Oc2cnccn2)C1. The Bertz CT molecular complexity index is 815. The standard InChI is InChI=1S/C16H18FN3O3S/c1-12-9-13(17)4-5-15(12)24(21,22)20-8-2-3-14(11-20)23-16-10-18-6-7-19-16/h4-7,9-10,14H,2-3,8,11H2,1H3. The molecule has 2 heterocycles. The maximum absolute atomic E-state index is 13.2. The van der Waals surface area contributed by atoms with E-state index in [9.17, 15) is 12.8 Å². The number of nitrogens with zero attached hydrogens (tertiary/aromatic N) is 3. The van der Waals surface area contributed by atoms with Crippen LogP contribution in [0.1, 0.15) is 18.4 Å². The van der Waals surface area contributed by atoms with Crippen LogP contribution in [-0.4, -0.2) is 41.9 Å². The van der Waals surface area contributed by atoms with Crippen LogP contribution >= 0.6 is 0 Å². The molecule has 0 spiro atoms. The Morgan fingerprint density at radius 3 is 2.88 bits per heavy atom. The van der Waals surface area contributed by atoms with Gasteiger partial charge in [0.05, 0.1) is 17.6 Å². The molecule has 24 heavy (non-hydrogen) atoms. The van der Waals surface area contributed by atoms with Gasteiger partial charge in [-0.1, -0.05) is 0 Å². The summed E-state index contributed by atoms with van der Waals surface area (Å²) in [6, 6.07) is 3.70. The van der Waals surface area contributed by atoms with E-state index in [-0.39, 0.29) is 17.5 Å².